The fourth-order valence-corrected chi connectivity index (χ4v) is 2.73. The van der Waals surface area contributed by atoms with Crippen molar-refractivity contribution in [2.45, 2.75) is 12.5 Å². The first-order chi connectivity index (χ1) is 7.70. The Morgan fingerprint density at radius 2 is 2.50 bits per heavy atom. The number of hydrazine groups is 1. The minimum Gasteiger partial charge on any atom is -0.271 e. The van der Waals surface area contributed by atoms with Crippen LogP contribution < -0.4 is 11.3 Å². The predicted octanol–water partition coefficient (Wildman–Crippen LogP) is 1.28. The molecule has 2 aromatic heterocycles. The van der Waals surface area contributed by atoms with E-state index in [2.05, 4.69) is 15.7 Å². The van der Waals surface area contributed by atoms with Crippen molar-refractivity contribution in [2.75, 3.05) is 0 Å². The molecule has 2 rings (SSSR count). The SMILES string of the molecule is Cn1cc(CC(NN)c2sccc2Cl)nn1. The number of aromatic nitrogens is 3. The van der Waals surface area contributed by atoms with Crippen molar-refractivity contribution in [2.24, 2.45) is 12.9 Å². The van der Waals surface area contributed by atoms with Gasteiger partial charge in [-0.3, -0.25) is 16.0 Å². The summed E-state index contributed by atoms with van der Waals surface area (Å²) in [6, 6.07) is 1.84. The predicted molar refractivity (Wildman–Crippen MR) is 64.1 cm³/mol. The van der Waals surface area contributed by atoms with Crippen LogP contribution in [0.15, 0.2) is 17.6 Å². The third-order valence-electron chi connectivity index (χ3n) is 2.23. The lowest BCUT2D eigenvalue weighted by Gasteiger charge is -2.12. The molecule has 16 heavy (non-hydrogen) atoms. The fourth-order valence-electron chi connectivity index (χ4n) is 1.48. The van der Waals surface area contributed by atoms with Gasteiger partial charge < -0.3 is 0 Å². The van der Waals surface area contributed by atoms with Gasteiger partial charge in [0.1, 0.15) is 0 Å². The van der Waals surface area contributed by atoms with Crippen LogP contribution in [-0.4, -0.2) is 15.0 Å². The standard InChI is InChI=1S/C9H12ClN5S/c1-15-5-6(13-14-15)4-8(12-11)9-7(10)2-3-16-9/h2-3,5,8,12H,4,11H2,1H3. The maximum absolute atomic E-state index is 6.06. The van der Waals surface area contributed by atoms with Gasteiger partial charge in [0.15, 0.2) is 0 Å². The first kappa shape index (κ1) is 11.5. The first-order valence-corrected chi connectivity index (χ1v) is 6.00. The van der Waals surface area contributed by atoms with E-state index in [0.29, 0.717) is 6.42 Å². The molecule has 0 fully saturated rings. The molecule has 2 heterocycles. The zero-order valence-electron chi connectivity index (χ0n) is 8.72. The number of thiophene rings is 1. The number of nitrogens with one attached hydrogen (secondary N) is 1. The Hall–Kier alpha value is -0.950. The molecule has 0 saturated carbocycles. The van der Waals surface area contributed by atoms with Crippen LogP contribution in [0.25, 0.3) is 0 Å². The van der Waals surface area contributed by atoms with Crippen LogP contribution in [0.4, 0.5) is 0 Å². The molecular weight excluding hydrogens is 246 g/mol. The second-order valence-corrected chi connectivity index (χ2v) is 4.79. The van der Waals surface area contributed by atoms with Gasteiger partial charge in [-0.05, 0) is 11.4 Å². The van der Waals surface area contributed by atoms with Crippen LogP contribution in [0, 0.1) is 0 Å². The van der Waals surface area contributed by atoms with E-state index in [9.17, 15) is 0 Å². The monoisotopic (exact) mass is 257 g/mol. The molecule has 2 aromatic rings. The van der Waals surface area contributed by atoms with Crippen molar-refractivity contribution in [1.29, 1.82) is 0 Å². The number of nitrogens with two attached hydrogens (primary N) is 1. The number of halogens is 1. The third-order valence-corrected chi connectivity index (χ3v) is 3.70. The molecule has 3 N–H and O–H groups in total. The highest BCUT2D eigenvalue weighted by atomic mass is 35.5. The Bertz CT molecular complexity index is 466. The average Bonchev–Trinajstić information content (AvgIpc) is 2.84. The van der Waals surface area contributed by atoms with E-state index in [0.717, 1.165) is 15.6 Å². The summed E-state index contributed by atoms with van der Waals surface area (Å²) in [6.45, 7) is 0. The lowest BCUT2D eigenvalue weighted by atomic mass is 10.1. The van der Waals surface area contributed by atoms with Crippen LogP contribution in [-0.2, 0) is 13.5 Å². The van der Waals surface area contributed by atoms with Crippen LogP contribution >= 0.6 is 22.9 Å². The van der Waals surface area contributed by atoms with Crippen molar-refractivity contribution >= 4 is 22.9 Å². The van der Waals surface area contributed by atoms with E-state index >= 15 is 0 Å². The molecule has 86 valence electrons. The van der Waals surface area contributed by atoms with Crippen molar-refractivity contribution in [3.63, 3.8) is 0 Å². The van der Waals surface area contributed by atoms with Gasteiger partial charge in [0.25, 0.3) is 0 Å². The van der Waals surface area contributed by atoms with Gasteiger partial charge in [0.2, 0.25) is 0 Å². The van der Waals surface area contributed by atoms with E-state index in [1.54, 1.807) is 16.0 Å². The second kappa shape index (κ2) is 4.92. The summed E-state index contributed by atoms with van der Waals surface area (Å²) in [5.74, 6) is 5.53. The van der Waals surface area contributed by atoms with Crippen molar-refractivity contribution in [3.8, 4) is 0 Å². The summed E-state index contributed by atoms with van der Waals surface area (Å²) in [5.41, 5.74) is 3.64. The first-order valence-electron chi connectivity index (χ1n) is 4.75. The van der Waals surface area contributed by atoms with Gasteiger partial charge in [0.05, 0.1) is 16.8 Å². The van der Waals surface area contributed by atoms with Crippen molar-refractivity contribution < 1.29 is 0 Å². The highest BCUT2D eigenvalue weighted by Gasteiger charge is 2.16. The Labute approximate surface area is 102 Å². The molecular formula is C9H12ClN5S. The third kappa shape index (κ3) is 2.41. The molecule has 7 heteroatoms. The van der Waals surface area contributed by atoms with Crippen LogP contribution in [0.1, 0.15) is 16.6 Å². The van der Waals surface area contributed by atoms with Crippen LogP contribution in [0.3, 0.4) is 0 Å². The van der Waals surface area contributed by atoms with Gasteiger partial charge in [0, 0.05) is 24.5 Å². The number of rotatable bonds is 4. The van der Waals surface area contributed by atoms with Gasteiger partial charge in [-0.15, -0.1) is 16.4 Å². The van der Waals surface area contributed by atoms with Crippen LogP contribution in [0.5, 0.6) is 0 Å². The van der Waals surface area contributed by atoms with E-state index in [4.69, 9.17) is 17.4 Å². The summed E-state index contributed by atoms with van der Waals surface area (Å²) in [5, 5.41) is 10.6. The lowest BCUT2D eigenvalue weighted by Crippen LogP contribution is -2.29. The molecule has 1 unspecified atom stereocenters. The molecule has 0 saturated heterocycles. The molecule has 0 radical (unpaired) electrons. The van der Waals surface area contributed by atoms with Gasteiger partial charge in [-0.25, -0.2) is 0 Å². The molecule has 0 amide bonds. The fraction of sp³-hybridized carbons (Fsp3) is 0.333. The number of aryl methyl sites for hydroxylation is 1. The zero-order valence-corrected chi connectivity index (χ0v) is 10.3. The summed E-state index contributed by atoms with van der Waals surface area (Å²) >= 11 is 7.64. The minimum absolute atomic E-state index is 0.0239. The quantitative estimate of drug-likeness (QED) is 0.640. The molecule has 5 nitrogen and oxygen atoms in total. The van der Waals surface area contributed by atoms with E-state index in [1.165, 1.54) is 0 Å². The maximum atomic E-state index is 6.06. The van der Waals surface area contributed by atoms with Crippen molar-refractivity contribution in [3.05, 3.63) is 33.2 Å². The van der Waals surface area contributed by atoms with Gasteiger partial charge >= 0.3 is 0 Å². The summed E-state index contributed by atoms with van der Waals surface area (Å²) in [7, 11) is 1.83. The Morgan fingerprint density at radius 1 is 1.69 bits per heavy atom. The molecule has 0 aliphatic heterocycles. The average molecular weight is 258 g/mol. The normalized spacial score (nSPS) is 12.9. The zero-order chi connectivity index (χ0) is 11.5. The number of hydrogen-bond donors (Lipinski definition) is 2. The largest absolute Gasteiger partial charge is 0.271 e. The molecule has 0 aromatic carbocycles. The lowest BCUT2D eigenvalue weighted by molar-refractivity contribution is 0.554. The highest BCUT2D eigenvalue weighted by Crippen LogP contribution is 2.29. The second-order valence-electron chi connectivity index (χ2n) is 3.44. The summed E-state index contributed by atoms with van der Waals surface area (Å²) in [4.78, 5) is 1.02. The Morgan fingerprint density at radius 3 is 3.00 bits per heavy atom. The number of nitrogens with zero attached hydrogens (tertiary/aromatic N) is 3. The molecule has 0 bridgehead atoms. The van der Waals surface area contributed by atoms with E-state index < -0.39 is 0 Å². The topological polar surface area (TPSA) is 68.8 Å². The number of hydrogen-bond acceptors (Lipinski definition) is 5. The molecule has 0 aliphatic rings. The summed E-state index contributed by atoms with van der Waals surface area (Å²) in [6.07, 6.45) is 2.54. The smallest absolute Gasteiger partial charge is 0.0846 e. The van der Waals surface area contributed by atoms with E-state index in [1.807, 2.05) is 24.7 Å². The molecule has 0 aliphatic carbocycles. The maximum Gasteiger partial charge on any atom is 0.0846 e. The van der Waals surface area contributed by atoms with Crippen LogP contribution in [0.2, 0.25) is 5.02 Å². The Balaban J connectivity index is 2.15. The van der Waals surface area contributed by atoms with Gasteiger partial charge in [-0.1, -0.05) is 16.8 Å². The molecule has 0 spiro atoms. The molecule has 1 atom stereocenters. The summed E-state index contributed by atoms with van der Waals surface area (Å²) < 4.78 is 1.67. The highest BCUT2D eigenvalue weighted by molar-refractivity contribution is 7.10. The minimum atomic E-state index is -0.0239. The van der Waals surface area contributed by atoms with Gasteiger partial charge in [-0.2, -0.15) is 0 Å². The van der Waals surface area contributed by atoms with E-state index in [-0.39, 0.29) is 6.04 Å². The Kier molecular flexibility index (Phi) is 3.55. The van der Waals surface area contributed by atoms with Crippen molar-refractivity contribution in [1.82, 2.24) is 20.4 Å².